The number of nitrogens with one attached hydrogen (secondary N) is 1. The van der Waals surface area contributed by atoms with Gasteiger partial charge in [-0.1, -0.05) is 19.1 Å². The highest BCUT2D eigenvalue weighted by molar-refractivity contribution is 7.85. The summed E-state index contributed by atoms with van der Waals surface area (Å²) >= 11 is 0. The van der Waals surface area contributed by atoms with Gasteiger partial charge in [0.05, 0.1) is 32.9 Å². The first kappa shape index (κ1) is 22.3. The van der Waals surface area contributed by atoms with Gasteiger partial charge in [0.25, 0.3) is 5.91 Å². The van der Waals surface area contributed by atoms with E-state index in [-0.39, 0.29) is 11.7 Å². The lowest BCUT2D eigenvalue weighted by Gasteiger charge is -2.10. The third kappa shape index (κ3) is 6.53. The molecular weight excluding hydrogens is 394 g/mol. The number of hydrogen-bond donors (Lipinski definition) is 1. The molecule has 1 N–H and O–H groups in total. The van der Waals surface area contributed by atoms with Crippen LogP contribution in [0.1, 0.15) is 41.5 Å². The summed E-state index contributed by atoms with van der Waals surface area (Å²) in [5, 5.41) is 2.58. The van der Waals surface area contributed by atoms with Gasteiger partial charge in [0, 0.05) is 11.4 Å². The summed E-state index contributed by atoms with van der Waals surface area (Å²) in [4.78, 5) is 36.5. The molecule has 0 saturated carbocycles. The SMILES string of the molecule is CC[S@](=O)c1ccccc1C(=O)OCC(=O)Nc1ccc(C(=O)OC(C)C)cc1. The molecule has 8 heteroatoms. The van der Waals surface area contributed by atoms with E-state index < -0.39 is 35.3 Å². The fourth-order valence-electron chi connectivity index (χ4n) is 2.37. The van der Waals surface area contributed by atoms with E-state index in [1.54, 1.807) is 51.1 Å². The minimum absolute atomic E-state index is 0.175. The maximum Gasteiger partial charge on any atom is 0.339 e. The monoisotopic (exact) mass is 417 g/mol. The highest BCUT2D eigenvalue weighted by atomic mass is 32.2. The Balaban J connectivity index is 1.93. The van der Waals surface area contributed by atoms with E-state index in [9.17, 15) is 18.6 Å². The van der Waals surface area contributed by atoms with Crippen LogP contribution >= 0.6 is 0 Å². The summed E-state index contributed by atoms with van der Waals surface area (Å²) in [5.74, 6) is -1.34. The van der Waals surface area contributed by atoms with Crippen LogP contribution in [0.25, 0.3) is 0 Å². The fourth-order valence-corrected chi connectivity index (χ4v) is 3.30. The van der Waals surface area contributed by atoms with Gasteiger partial charge in [0.2, 0.25) is 0 Å². The van der Waals surface area contributed by atoms with E-state index >= 15 is 0 Å². The third-order valence-corrected chi connectivity index (χ3v) is 5.07. The highest BCUT2D eigenvalue weighted by Gasteiger charge is 2.17. The summed E-state index contributed by atoms with van der Waals surface area (Å²) in [5.41, 5.74) is 0.983. The quantitative estimate of drug-likeness (QED) is 0.663. The normalized spacial score (nSPS) is 11.6. The molecule has 1 amide bonds. The molecule has 2 aromatic rings. The number of amides is 1. The van der Waals surface area contributed by atoms with Gasteiger partial charge in [-0.15, -0.1) is 0 Å². The van der Waals surface area contributed by atoms with Crippen LogP contribution < -0.4 is 5.32 Å². The van der Waals surface area contributed by atoms with Crippen molar-refractivity contribution in [1.29, 1.82) is 0 Å². The number of carbonyl (C=O) groups is 3. The first-order valence-electron chi connectivity index (χ1n) is 9.07. The predicted molar refractivity (Wildman–Crippen MR) is 109 cm³/mol. The zero-order valence-corrected chi connectivity index (χ0v) is 17.3. The summed E-state index contributed by atoms with van der Waals surface area (Å²) in [6.45, 7) is 4.76. The van der Waals surface area contributed by atoms with Crippen LogP contribution in [-0.2, 0) is 25.1 Å². The molecule has 0 aromatic heterocycles. The molecule has 1 atom stereocenters. The third-order valence-electron chi connectivity index (χ3n) is 3.70. The summed E-state index contributed by atoms with van der Waals surface area (Å²) in [6, 6.07) is 12.6. The van der Waals surface area contributed by atoms with Crippen molar-refractivity contribution in [3.8, 4) is 0 Å². The molecule has 2 rings (SSSR count). The lowest BCUT2D eigenvalue weighted by molar-refractivity contribution is -0.119. The van der Waals surface area contributed by atoms with Gasteiger partial charge in [-0.25, -0.2) is 9.59 Å². The number of carbonyl (C=O) groups excluding carboxylic acids is 3. The first-order valence-corrected chi connectivity index (χ1v) is 10.4. The number of ether oxygens (including phenoxy) is 2. The average Bonchev–Trinajstić information content (AvgIpc) is 2.71. The highest BCUT2D eigenvalue weighted by Crippen LogP contribution is 2.15. The Kier molecular flexibility index (Phi) is 8.09. The lowest BCUT2D eigenvalue weighted by Crippen LogP contribution is -2.21. The summed E-state index contributed by atoms with van der Waals surface area (Å²) in [7, 11) is -1.32. The molecule has 0 fully saturated rings. The Morgan fingerprint density at radius 1 is 1.00 bits per heavy atom. The molecule has 2 aromatic carbocycles. The second-order valence-electron chi connectivity index (χ2n) is 6.29. The second-order valence-corrected chi connectivity index (χ2v) is 7.99. The molecule has 0 saturated heterocycles. The molecular formula is C21H23NO6S. The lowest BCUT2D eigenvalue weighted by atomic mass is 10.2. The van der Waals surface area contributed by atoms with E-state index in [2.05, 4.69) is 5.32 Å². The van der Waals surface area contributed by atoms with Crippen LogP contribution in [0.3, 0.4) is 0 Å². The van der Waals surface area contributed by atoms with Gasteiger partial charge in [-0.05, 0) is 50.2 Å². The maximum absolute atomic E-state index is 12.3. The Morgan fingerprint density at radius 3 is 2.28 bits per heavy atom. The van der Waals surface area contributed by atoms with Gasteiger partial charge in [0.15, 0.2) is 6.61 Å². The number of benzene rings is 2. The molecule has 0 bridgehead atoms. The standard InChI is InChI=1S/C21H23NO6S/c1-4-29(26)18-8-6-5-7-17(18)21(25)27-13-19(23)22-16-11-9-15(10-12-16)20(24)28-14(2)3/h5-12,14H,4,13H2,1-3H3,(H,22,23)/t29-/m0/s1. The summed E-state index contributed by atoms with van der Waals surface area (Å²) < 4.78 is 22.2. The topological polar surface area (TPSA) is 98.8 Å². The molecule has 0 unspecified atom stereocenters. The molecule has 0 aliphatic heterocycles. The predicted octanol–water partition coefficient (Wildman–Crippen LogP) is 3.17. The van der Waals surface area contributed by atoms with Crippen molar-refractivity contribution in [3.63, 3.8) is 0 Å². The maximum atomic E-state index is 12.3. The largest absolute Gasteiger partial charge is 0.459 e. The number of esters is 2. The molecule has 7 nitrogen and oxygen atoms in total. The van der Waals surface area contributed by atoms with Crippen LogP contribution in [0.15, 0.2) is 53.4 Å². The number of hydrogen-bond acceptors (Lipinski definition) is 6. The van der Waals surface area contributed by atoms with E-state index in [4.69, 9.17) is 9.47 Å². The molecule has 29 heavy (non-hydrogen) atoms. The van der Waals surface area contributed by atoms with Crippen LogP contribution in [0.2, 0.25) is 0 Å². The second kappa shape index (κ2) is 10.5. The minimum Gasteiger partial charge on any atom is -0.459 e. The van der Waals surface area contributed by atoms with Gasteiger partial charge < -0.3 is 14.8 Å². The Labute approximate surface area is 171 Å². The molecule has 0 aliphatic carbocycles. The van der Waals surface area contributed by atoms with Gasteiger partial charge in [-0.3, -0.25) is 9.00 Å². The van der Waals surface area contributed by atoms with E-state index in [1.807, 2.05) is 0 Å². The zero-order chi connectivity index (χ0) is 21.4. The Hall–Kier alpha value is -3.00. The van der Waals surface area contributed by atoms with Crippen molar-refractivity contribution in [2.75, 3.05) is 17.7 Å². The Morgan fingerprint density at radius 2 is 1.66 bits per heavy atom. The molecule has 0 spiro atoms. The van der Waals surface area contributed by atoms with Crippen LogP contribution in [0.4, 0.5) is 5.69 Å². The molecule has 0 heterocycles. The minimum atomic E-state index is -1.32. The van der Waals surface area contributed by atoms with Crippen molar-refractivity contribution in [2.24, 2.45) is 0 Å². The molecule has 0 aliphatic rings. The fraction of sp³-hybridized carbons (Fsp3) is 0.286. The van der Waals surface area contributed by atoms with Gasteiger partial charge in [0.1, 0.15) is 0 Å². The van der Waals surface area contributed by atoms with E-state index in [0.717, 1.165) is 0 Å². The van der Waals surface area contributed by atoms with E-state index in [1.165, 1.54) is 18.2 Å². The Bertz CT molecular complexity index is 908. The smallest absolute Gasteiger partial charge is 0.339 e. The number of anilines is 1. The van der Waals surface area contributed by atoms with Gasteiger partial charge in [-0.2, -0.15) is 0 Å². The van der Waals surface area contributed by atoms with Gasteiger partial charge >= 0.3 is 11.9 Å². The van der Waals surface area contributed by atoms with E-state index in [0.29, 0.717) is 21.9 Å². The number of rotatable bonds is 8. The van der Waals surface area contributed by atoms with Crippen LogP contribution in [0.5, 0.6) is 0 Å². The molecule has 0 radical (unpaired) electrons. The van der Waals surface area contributed by atoms with Crippen molar-refractivity contribution in [2.45, 2.75) is 31.8 Å². The van der Waals surface area contributed by atoms with Crippen LogP contribution in [0, 0.1) is 0 Å². The first-order chi connectivity index (χ1) is 13.8. The van der Waals surface area contributed by atoms with Crippen molar-refractivity contribution < 1.29 is 28.1 Å². The van der Waals surface area contributed by atoms with Crippen LogP contribution in [-0.4, -0.2) is 40.5 Å². The average molecular weight is 417 g/mol. The van der Waals surface area contributed by atoms with Crippen molar-refractivity contribution >= 4 is 34.3 Å². The van der Waals surface area contributed by atoms with Crippen molar-refractivity contribution in [1.82, 2.24) is 0 Å². The summed E-state index contributed by atoms with van der Waals surface area (Å²) in [6.07, 6.45) is -0.226. The molecule has 154 valence electrons. The van der Waals surface area contributed by atoms with Crippen molar-refractivity contribution in [3.05, 3.63) is 59.7 Å². The zero-order valence-electron chi connectivity index (χ0n) is 16.5.